The number of para-hydroxylation sites is 1. The van der Waals surface area contributed by atoms with Crippen LogP contribution >= 0.6 is 0 Å². The third kappa shape index (κ3) is 3.84. The Morgan fingerprint density at radius 2 is 1.85 bits per heavy atom. The topological polar surface area (TPSA) is 84.3 Å². The summed E-state index contributed by atoms with van der Waals surface area (Å²) in [7, 11) is 0. The molecule has 5 heterocycles. The lowest BCUT2D eigenvalue weighted by Gasteiger charge is -2.49. The zero-order valence-electron chi connectivity index (χ0n) is 17.6. The maximum atomic E-state index is 12.8. The van der Waals surface area contributed by atoms with Gasteiger partial charge < -0.3 is 10.1 Å². The minimum Gasteiger partial charge on any atom is -0.364 e. The molecule has 7 rings (SSSR count). The Balaban J connectivity index is 1.18. The van der Waals surface area contributed by atoms with Crippen LogP contribution in [0, 0.1) is 5.92 Å². The molecule has 2 aromatic heterocycles. The molecule has 0 spiro atoms. The number of fused-ring (bicyclic) bond motifs is 3. The van der Waals surface area contributed by atoms with Crippen LogP contribution in [0.2, 0.25) is 0 Å². The first-order chi connectivity index (χ1) is 16.0. The molecule has 0 amide bonds. The number of rotatable bonds is 5. The molecule has 5 unspecified atom stereocenters. The largest absolute Gasteiger partial charge is 0.434 e. The Morgan fingerprint density at radius 1 is 1.03 bits per heavy atom. The molecule has 1 saturated carbocycles. The minimum absolute atomic E-state index is 0.0437. The van der Waals surface area contributed by atoms with Gasteiger partial charge in [-0.2, -0.15) is 28.2 Å². The minimum atomic E-state index is -4.49. The summed E-state index contributed by atoms with van der Waals surface area (Å²) in [6.45, 7) is 0.949. The summed E-state index contributed by atoms with van der Waals surface area (Å²) in [6, 6.07) is 8.24. The van der Waals surface area contributed by atoms with Crippen LogP contribution in [0.5, 0.6) is 0 Å². The summed E-state index contributed by atoms with van der Waals surface area (Å²) in [5.74, 6) is 0.867. The third-order valence-electron chi connectivity index (χ3n) is 6.77. The van der Waals surface area contributed by atoms with Gasteiger partial charge >= 0.3 is 6.18 Å². The molecule has 1 aromatic carbocycles. The molecule has 4 fully saturated rings. The van der Waals surface area contributed by atoms with Crippen LogP contribution < -0.4 is 5.32 Å². The first-order valence-electron chi connectivity index (χ1n) is 11.0. The number of piperidine rings is 2. The van der Waals surface area contributed by atoms with Gasteiger partial charge in [-0.3, -0.25) is 4.90 Å². The van der Waals surface area contributed by atoms with Gasteiger partial charge in [0, 0.05) is 24.2 Å². The zero-order valence-corrected chi connectivity index (χ0v) is 17.6. The summed E-state index contributed by atoms with van der Waals surface area (Å²) in [5.41, 5.74) is 0.949. The van der Waals surface area contributed by atoms with E-state index in [0.29, 0.717) is 11.7 Å². The molecule has 0 radical (unpaired) electrons. The number of anilines is 1. The fourth-order valence-electron chi connectivity index (χ4n) is 5.26. The summed E-state index contributed by atoms with van der Waals surface area (Å²) in [6.07, 6.45) is 3.73. The van der Waals surface area contributed by atoms with E-state index in [1.165, 1.54) is 6.20 Å². The molecule has 172 valence electrons. The quantitative estimate of drug-likeness (QED) is 0.588. The Labute approximate surface area is 187 Å². The smallest absolute Gasteiger partial charge is 0.364 e. The first kappa shape index (κ1) is 20.5. The van der Waals surface area contributed by atoms with Gasteiger partial charge in [0.2, 0.25) is 0 Å². The second-order valence-electron chi connectivity index (χ2n) is 8.80. The Morgan fingerprint density at radius 3 is 2.58 bits per heavy atom. The van der Waals surface area contributed by atoms with Crippen molar-refractivity contribution < 1.29 is 17.9 Å². The van der Waals surface area contributed by atoms with Gasteiger partial charge in [0.05, 0.1) is 30.5 Å². The Hall–Kier alpha value is -3.05. The van der Waals surface area contributed by atoms with Crippen molar-refractivity contribution in [3.63, 3.8) is 0 Å². The van der Waals surface area contributed by atoms with Crippen molar-refractivity contribution >= 4 is 5.82 Å². The summed E-state index contributed by atoms with van der Waals surface area (Å²) in [4.78, 5) is 11.5. The van der Waals surface area contributed by atoms with Gasteiger partial charge in [-0.25, -0.2) is 9.97 Å². The van der Waals surface area contributed by atoms with E-state index in [1.54, 1.807) is 17.2 Å². The summed E-state index contributed by atoms with van der Waals surface area (Å²) >= 11 is 0. The van der Waals surface area contributed by atoms with Crippen LogP contribution in [0.15, 0.2) is 49.1 Å². The van der Waals surface area contributed by atoms with E-state index in [-0.39, 0.29) is 24.4 Å². The average Bonchev–Trinajstić information content (AvgIpc) is 3.43. The lowest BCUT2D eigenvalue weighted by molar-refractivity contribution is -0.141. The van der Waals surface area contributed by atoms with Crippen LogP contribution in [0.1, 0.15) is 36.6 Å². The van der Waals surface area contributed by atoms with Crippen LogP contribution in [0.3, 0.4) is 0 Å². The molecule has 3 saturated heterocycles. The van der Waals surface area contributed by atoms with E-state index in [9.17, 15) is 13.2 Å². The molecule has 3 aromatic rings. The van der Waals surface area contributed by atoms with E-state index in [1.807, 2.05) is 24.3 Å². The van der Waals surface area contributed by atoms with Gasteiger partial charge in [-0.05, 0) is 31.2 Å². The van der Waals surface area contributed by atoms with Crippen LogP contribution in [-0.4, -0.2) is 54.7 Å². The molecular formula is C22H22F3N7O. The lowest BCUT2D eigenvalue weighted by atomic mass is 9.76. The number of ether oxygens (including phenoxy) is 1. The Bertz CT molecular complexity index is 1120. The van der Waals surface area contributed by atoms with Crippen molar-refractivity contribution in [2.24, 2.45) is 5.92 Å². The number of nitrogens with one attached hydrogen (secondary N) is 1. The number of hydrogen-bond acceptors (Lipinski definition) is 7. The fraction of sp³-hybridized carbons (Fsp3) is 0.455. The standard InChI is InChI=1S/C22H22F3N7O/c23-22(24,25)18-10-27-19(11-26-18)30-15-9-13-5-6-17(15)31(12-13)21-20(33-21)14-3-1-2-4-16(14)32-28-7-8-29-32/h1-4,7-8,10-11,13,15,17,20-21H,5-6,9,12H2,(H,27,30). The van der Waals surface area contributed by atoms with Gasteiger partial charge in [0.15, 0.2) is 5.69 Å². The number of halogens is 3. The normalized spacial score (nSPS) is 29.2. The zero-order chi connectivity index (χ0) is 22.6. The number of alkyl halides is 3. The molecule has 11 heteroatoms. The molecule has 33 heavy (non-hydrogen) atoms. The van der Waals surface area contributed by atoms with Crippen molar-refractivity contribution in [3.8, 4) is 5.69 Å². The van der Waals surface area contributed by atoms with Crippen molar-refractivity contribution in [3.05, 3.63) is 60.3 Å². The molecule has 1 N–H and O–H groups in total. The summed E-state index contributed by atoms with van der Waals surface area (Å²) in [5, 5.41) is 11.8. The van der Waals surface area contributed by atoms with E-state index >= 15 is 0 Å². The SMILES string of the molecule is FC(F)(F)c1cnc(NC2CC3CCC2N(C2OC2c2ccccc2-n2nccn2)C3)cn1. The average molecular weight is 457 g/mol. The van der Waals surface area contributed by atoms with E-state index in [2.05, 4.69) is 30.4 Å². The highest BCUT2D eigenvalue weighted by molar-refractivity contribution is 5.43. The fourth-order valence-corrected chi connectivity index (χ4v) is 5.26. The predicted octanol–water partition coefficient (Wildman–Crippen LogP) is 3.44. The highest BCUT2D eigenvalue weighted by Crippen LogP contribution is 2.48. The van der Waals surface area contributed by atoms with Gasteiger partial charge in [0.1, 0.15) is 18.1 Å². The van der Waals surface area contributed by atoms with Crippen molar-refractivity contribution in [1.29, 1.82) is 0 Å². The number of hydrogen-bond donors (Lipinski definition) is 1. The maximum absolute atomic E-state index is 12.8. The molecule has 5 atom stereocenters. The number of benzene rings is 1. The van der Waals surface area contributed by atoms with E-state index in [4.69, 9.17) is 4.74 Å². The van der Waals surface area contributed by atoms with Crippen LogP contribution in [-0.2, 0) is 10.9 Å². The van der Waals surface area contributed by atoms with Crippen molar-refractivity contribution in [2.75, 3.05) is 11.9 Å². The number of nitrogens with zero attached hydrogens (tertiary/aromatic N) is 6. The molecule has 4 aliphatic rings. The second kappa shape index (κ2) is 7.77. The molecule has 2 bridgehead atoms. The third-order valence-corrected chi connectivity index (χ3v) is 6.77. The highest BCUT2D eigenvalue weighted by Gasteiger charge is 2.53. The van der Waals surface area contributed by atoms with Crippen molar-refractivity contribution in [2.45, 2.75) is 49.9 Å². The molecule has 8 nitrogen and oxygen atoms in total. The van der Waals surface area contributed by atoms with Crippen LogP contribution in [0.25, 0.3) is 5.69 Å². The summed E-state index contributed by atoms with van der Waals surface area (Å²) < 4.78 is 44.5. The number of epoxide rings is 1. The Kier molecular flexibility index (Phi) is 4.84. The molecule has 3 aliphatic heterocycles. The van der Waals surface area contributed by atoms with Crippen LogP contribution in [0.4, 0.5) is 19.0 Å². The van der Waals surface area contributed by atoms with Crippen molar-refractivity contribution in [1.82, 2.24) is 29.9 Å². The molecule has 1 aliphatic carbocycles. The van der Waals surface area contributed by atoms with E-state index in [0.717, 1.165) is 43.3 Å². The maximum Gasteiger partial charge on any atom is 0.434 e. The second-order valence-corrected chi connectivity index (χ2v) is 8.80. The predicted molar refractivity (Wildman–Crippen MR) is 111 cm³/mol. The molecular weight excluding hydrogens is 435 g/mol. The number of aromatic nitrogens is 5. The first-order valence-corrected chi connectivity index (χ1v) is 11.0. The van der Waals surface area contributed by atoms with E-state index < -0.39 is 11.9 Å². The van der Waals surface area contributed by atoms with Gasteiger partial charge in [0.25, 0.3) is 0 Å². The lowest BCUT2D eigenvalue weighted by Crippen LogP contribution is -2.59. The van der Waals surface area contributed by atoms with Gasteiger partial charge in [-0.15, -0.1) is 0 Å². The van der Waals surface area contributed by atoms with Gasteiger partial charge in [-0.1, -0.05) is 18.2 Å². The monoisotopic (exact) mass is 457 g/mol. The highest BCUT2D eigenvalue weighted by atomic mass is 19.4.